The summed E-state index contributed by atoms with van der Waals surface area (Å²) in [5, 5.41) is 8.18. The minimum absolute atomic E-state index is 0.0980. The molecular formula is C44H58N8O7S. The molecule has 3 fully saturated rings. The number of piperazine rings is 1. The third-order valence-corrected chi connectivity index (χ3v) is 13.4. The topological polar surface area (TPSA) is 153 Å². The van der Waals surface area contributed by atoms with Crippen molar-refractivity contribution in [1.82, 2.24) is 35.2 Å². The Bertz CT molecular complexity index is 2240. The monoisotopic (exact) mass is 842 g/mol. The van der Waals surface area contributed by atoms with Crippen LogP contribution in [0.25, 0.3) is 33.4 Å². The molecule has 0 radical (unpaired) electrons. The molecule has 6 bridgehead atoms. The first-order valence-electron chi connectivity index (χ1n) is 21.1. The molecule has 3 atom stereocenters. The second-order valence-electron chi connectivity index (χ2n) is 17.4. The van der Waals surface area contributed by atoms with Gasteiger partial charge in [0.2, 0.25) is 0 Å². The Balaban J connectivity index is 1.26. The average Bonchev–Trinajstić information content (AvgIpc) is 3.83. The molecule has 0 spiro atoms. The van der Waals surface area contributed by atoms with Crippen LogP contribution in [0.1, 0.15) is 62.9 Å². The number of aryl methyl sites for hydroxylation is 1. The lowest BCUT2D eigenvalue weighted by Crippen LogP contribution is -2.66. The predicted molar refractivity (Wildman–Crippen MR) is 230 cm³/mol. The predicted octanol–water partition coefficient (Wildman–Crippen LogP) is 4.37. The number of pyridine rings is 1. The highest BCUT2D eigenvalue weighted by Crippen LogP contribution is 2.43. The number of carbonyl (C=O) groups is 3. The number of ether oxygens (including phenoxy) is 4. The minimum atomic E-state index is -1.17. The number of amides is 2. The number of thiazole rings is 1. The standard InChI is InChI=1S/C44H58N8O7S/c1-8-51-36-12-11-28-18-30(36)32(39(51)31-19-29(22-45-38(31)27(2)56-6)50-16-14-49(5)15-17-50)21-43(3,4)24-59-41(54)33-10-9-13-52(48-33)40(53)34(20-37-46-35(28)23-60-37)47-42(55)44(57-7)25-58-26-44/h11-12,18-19,22-23,27,33-34,48H,8-10,13-17,20-21,24-26H2,1-7H3,(H,47,55)/t27-,33-,34-/m0/s1. The number of nitrogens with one attached hydrogen (secondary N) is 2. The maximum atomic E-state index is 14.2. The molecule has 2 amide bonds. The molecule has 7 heterocycles. The van der Waals surface area contributed by atoms with Crippen molar-refractivity contribution in [2.75, 3.05) is 78.7 Å². The minimum Gasteiger partial charge on any atom is -0.464 e. The summed E-state index contributed by atoms with van der Waals surface area (Å²) in [5.41, 5.74) is 9.45. The van der Waals surface area contributed by atoms with Gasteiger partial charge >= 0.3 is 5.97 Å². The lowest BCUT2D eigenvalue weighted by Gasteiger charge is -2.40. The van der Waals surface area contributed by atoms with Gasteiger partial charge in [-0.25, -0.2) is 10.4 Å². The molecule has 4 aromatic rings. The number of esters is 1. The fourth-order valence-electron chi connectivity index (χ4n) is 8.76. The highest BCUT2D eigenvalue weighted by Gasteiger charge is 2.48. The number of methoxy groups -OCH3 is 2. The van der Waals surface area contributed by atoms with Crippen LogP contribution in [0.5, 0.6) is 0 Å². The van der Waals surface area contributed by atoms with Gasteiger partial charge in [-0.05, 0) is 63.9 Å². The van der Waals surface area contributed by atoms with Gasteiger partial charge in [0, 0.05) is 92.7 Å². The van der Waals surface area contributed by atoms with E-state index in [1.807, 2.05) is 18.5 Å². The van der Waals surface area contributed by atoms with Crippen molar-refractivity contribution < 1.29 is 33.3 Å². The fraction of sp³-hybridized carbons (Fsp3) is 0.568. The van der Waals surface area contributed by atoms with E-state index < -0.39 is 35.0 Å². The Labute approximate surface area is 355 Å². The first-order chi connectivity index (χ1) is 28.8. The van der Waals surface area contributed by atoms with E-state index >= 15 is 0 Å². The van der Waals surface area contributed by atoms with Gasteiger partial charge in [-0.1, -0.05) is 19.9 Å². The summed E-state index contributed by atoms with van der Waals surface area (Å²) in [6.45, 7) is 13.7. The van der Waals surface area contributed by atoms with Crippen LogP contribution in [0, 0.1) is 5.41 Å². The van der Waals surface area contributed by atoms with Gasteiger partial charge in [-0.3, -0.25) is 24.4 Å². The van der Waals surface area contributed by atoms with Crippen molar-refractivity contribution in [3.63, 3.8) is 0 Å². The summed E-state index contributed by atoms with van der Waals surface area (Å²) in [6, 6.07) is 7.07. The van der Waals surface area contributed by atoms with Crippen LogP contribution in [0.15, 0.2) is 35.8 Å². The third kappa shape index (κ3) is 8.17. The van der Waals surface area contributed by atoms with Gasteiger partial charge < -0.3 is 38.6 Å². The lowest BCUT2D eigenvalue weighted by molar-refractivity contribution is -0.202. The van der Waals surface area contributed by atoms with Crippen LogP contribution in [0.2, 0.25) is 0 Å². The fourth-order valence-corrected chi connectivity index (χ4v) is 9.61. The summed E-state index contributed by atoms with van der Waals surface area (Å²) in [7, 11) is 5.34. The van der Waals surface area contributed by atoms with Gasteiger partial charge in [0.05, 0.1) is 59.9 Å². The SMILES string of the molecule is CCn1c(-c2cc(N3CCN(C)CC3)cnc2[C@H](C)OC)c2c3cc(ccc31)-c1csc(n1)C[C@H](NC(=O)C1(OC)COC1)C(=O)N1CCC[C@H](N1)C(=O)OCC(C)(C)C2. The number of benzene rings is 1. The maximum Gasteiger partial charge on any atom is 0.324 e. The molecule has 4 aliphatic heterocycles. The molecule has 8 rings (SSSR count). The molecule has 0 aliphatic carbocycles. The Morgan fingerprint density at radius 2 is 1.88 bits per heavy atom. The zero-order valence-electron chi connectivity index (χ0n) is 35.8. The van der Waals surface area contributed by atoms with Crippen molar-refractivity contribution in [1.29, 1.82) is 0 Å². The first-order valence-corrected chi connectivity index (χ1v) is 22.0. The van der Waals surface area contributed by atoms with Crippen LogP contribution < -0.4 is 15.6 Å². The second kappa shape index (κ2) is 17.1. The summed E-state index contributed by atoms with van der Waals surface area (Å²) in [4.78, 5) is 56.6. The number of aromatic nitrogens is 3. The van der Waals surface area contributed by atoms with Crippen molar-refractivity contribution in [2.45, 2.75) is 83.7 Å². The number of rotatable bonds is 8. The van der Waals surface area contributed by atoms with E-state index in [-0.39, 0.29) is 38.3 Å². The number of hydrazine groups is 1. The average molecular weight is 843 g/mol. The van der Waals surface area contributed by atoms with Gasteiger partial charge in [-0.15, -0.1) is 11.3 Å². The van der Waals surface area contributed by atoms with E-state index in [4.69, 9.17) is 28.9 Å². The Kier molecular flexibility index (Phi) is 12.1. The van der Waals surface area contributed by atoms with E-state index in [2.05, 4.69) is 77.2 Å². The smallest absolute Gasteiger partial charge is 0.324 e. The van der Waals surface area contributed by atoms with Crippen LogP contribution in [-0.2, 0) is 52.7 Å². The molecule has 4 aliphatic rings. The molecule has 2 N–H and O–H groups in total. The maximum absolute atomic E-state index is 14.2. The quantitative estimate of drug-likeness (QED) is 0.243. The summed E-state index contributed by atoms with van der Waals surface area (Å²) in [5.74, 6) is -1.21. The van der Waals surface area contributed by atoms with Crippen molar-refractivity contribution in [3.8, 4) is 22.5 Å². The van der Waals surface area contributed by atoms with Crippen molar-refractivity contribution in [3.05, 3.63) is 52.1 Å². The van der Waals surface area contributed by atoms with Crippen LogP contribution in [-0.4, -0.2) is 134 Å². The van der Waals surface area contributed by atoms with E-state index in [0.29, 0.717) is 37.4 Å². The molecule has 16 heteroatoms. The van der Waals surface area contributed by atoms with Crippen molar-refractivity contribution in [2.24, 2.45) is 5.41 Å². The lowest BCUT2D eigenvalue weighted by atomic mass is 9.84. The van der Waals surface area contributed by atoms with Gasteiger partial charge in [-0.2, -0.15) is 0 Å². The summed E-state index contributed by atoms with van der Waals surface area (Å²) >= 11 is 1.45. The molecule has 322 valence electrons. The van der Waals surface area contributed by atoms with Crippen LogP contribution >= 0.6 is 11.3 Å². The normalized spacial score (nSPS) is 22.9. The van der Waals surface area contributed by atoms with Crippen LogP contribution in [0.3, 0.4) is 0 Å². The molecule has 15 nitrogen and oxygen atoms in total. The molecule has 0 unspecified atom stereocenters. The Morgan fingerprint density at radius 3 is 2.58 bits per heavy atom. The Morgan fingerprint density at radius 1 is 1.10 bits per heavy atom. The first kappa shape index (κ1) is 42.2. The van der Waals surface area contributed by atoms with Crippen LogP contribution in [0.4, 0.5) is 5.69 Å². The zero-order valence-corrected chi connectivity index (χ0v) is 36.7. The second-order valence-corrected chi connectivity index (χ2v) is 18.4. The van der Waals surface area contributed by atoms with E-state index in [1.165, 1.54) is 23.5 Å². The number of carbonyl (C=O) groups excluding carboxylic acids is 3. The number of nitrogens with zero attached hydrogens (tertiary/aromatic N) is 6. The number of fused-ring (bicyclic) bond motifs is 6. The number of anilines is 1. The Hall–Kier alpha value is -4.45. The highest BCUT2D eigenvalue weighted by atomic mass is 32.1. The van der Waals surface area contributed by atoms with Gasteiger partial charge in [0.15, 0.2) is 5.60 Å². The van der Waals surface area contributed by atoms with Gasteiger partial charge in [0.1, 0.15) is 12.1 Å². The van der Waals surface area contributed by atoms with E-state index in [0.717, 1.165) is 76.5 Å². The third-order valence-electron chi connectivity index (χ3n) is 12.6. The largest absolute Gasteiger partial charge is 0.464 e. The number of likely N-dealkylation sites (N-methyl/N-ethyl adjacent to an activating group) is 1. The number of hydrogen-bond donors (Lipinski definition) is 2. The summed E-state index contributed by atoms with van der Waals surface area (Å²) in [6.07, 6.45) is 3.56. The molecule has 0 saturated carbocycles. The van der Waals surface area contributed by atoms with E-state index in [1.54, 1.807) is 7.11 Å². The molecule has 3 saturated heterocycles. The van der Waals surface area contributed by atoms with E-state index in [9.17, 15) is 14.4 Å². The molecule has 3 aromatic heterocycles. The highest BCUT2D eigenvalue weighted by molar-refractivity contribution is 7.10. The van der Waals surface area contributed by atoms with Crippen molar-refractivity contribution >= 4 is 45.7 Å². The zero-order chi connectivity index (χ0) is 42.3. The molecular weight excluding hydrogens is 785 g/mol. The number of cyclic esters (lactones) is 1. The molecule has 60 heavy (non-hydrogen) atoms. The van der Waals surface area contributed by atoms with Gasteiger partial charge in [0.25, 0.3) is 11.8 Å². The molecule has 1 aromatic carbocycles. The summed E-state index contributed by atoms with van der Waals surface area (Å²) < 4.78 is 25.4. The number of hydrogen-bond acceptors (Lipinski definition) is 13.